The zero-order valence-corrected chi connectivity index (χ0v) is 8.90. The highest BCUT2D eigenvalue weighted by atomic mass is 16.6. The van der Waals surface area contributed by atoms with Crippen LogP contribution in [0.5, 0.6) is 11.5 Å². The van der Waals surface area contributed by atoms with E-state index in [1.807, 2.05) is 0 Å². The van der Waals surface area contributed by atoms with Crippen LogP contribution < -0.4 is 9.47 Å². The maximum absolute atomic E-state index is 10.6. The second-order valence-electron chi connectivity index (χ2n) is 3.77. The number of imidazole rings is 1. The lowest BCUT2D eigenvalue weighted by atomic mass is 10.2. The second kappa shape index (κ2) is 3.65. The second-order valence-corrected chi connectivity index (χ2v) is 3.77. The monoisotopic (exact) mass is 234 g/mol. The van der Waals surface area contributed by atoms with Crippen molar-refractivity contribution in [3.05, 3.63) is 18.0 Å². The summed E-state index contributed by atoms with van der Waals surface area (Å²) in [5.74, 6) is 0.822. The van der Waals surface area contributed by atoms with Gasteiger partial charge in [-0.05, 0) is 0 Å². The number of rotatable bonds is 2. The van der Waals surface area contributed by atoms with E-state index in [1.165, 1.54) is 0 Å². The van der Waals surface area contributed by atoms with Crippen molar-refractivity contribution in [2.45, 2.75) is 6.42 Å². The van der Waals surface area contributed by atoms with Crippen molar-refractivity contribution < 1.29 is 19.4 Å². The molecule has 0 radical (unpaired) electrons. The molecule has 1 aliphatic rings. The van der Waals surface area contributed by atoms with Crippen LogP contribution >= 0.6 is 0 Å². The summed E-state index contributed by atoms with van der Waals surface area (Å²) in [6.07, 6.45) is -0.124. The predicted molar refractivity (Wildman–Crippen MR) is 58.4 cm³/mol. The largest absolute Gasteiger partial charge is 0.486 e. The van der Waals surface area contributed by atoms with Gasteiger partial charge in [-0.2, -0.15) is 0 Å². The van der Waals surface area contributed by atoms with Gasteiger partial charge in [0.05, 0.1) is 11.0 Å². The molecule has 0 saturated heterocycles. The van der Waals surface area contributed by atoms with Gasteiger partial charge in [0.2, 0.25) is 0 Å². The zero-order valence-electron chi connectivity index (χ0n) is 8.90. The Hall–Kier alpha value is -2.24. The summed E-state index contributed by atoms with van der Waals surface area (Å²) < 4.78 is 10.9. The lowest BCUT2D eigenvalue weighted by Gasteiger charge is -2.17. The number of aromatic amines is 1. The number of H-pyrrole nitrogens is 1. The molecule has 1 aromatic heterocycles. The number of carboxylic acid groups (broad SMARTS) is 1. The molecule has 0 saturated carbocycles. The highest BCUT2D eigenvalue weighted by Gasteiger charge is 2.15. The average molecular weight is 234 g/mol. The van der Waals surface area contributed by atoms with Crippen molar-refractivity contribution in [1.82, 2.24) is 9.97 Å². The number of fused-ring (bicyclic) bond motifs is 2. The van der Waals surface area contributed by atoms with Crippen LogP contribution in [0.2, 0.25) is 0 Å². The summed E-state index contributed by atoms with van der Waals surface area (Å²) in [5.41, 5.74) is 1.44. The van der Waals surface area contributed by atoms with Gasteiger partial charge in [-0.25, -0.2) is 4.98 Å². The summed E-state index contributed by atoms with van der Waals surface area (Å²) in [4.78, 5) is 17.7. The first kappa shape index (κ1) is 9.95. The van der Waals surface area contributed by atoms with Gasteiger partial charge < -0.3 is 19.6 Å². The first-order valence-corrected chi connectivity index (χ1v) is 5.22. The van der Waals surface area contributed by atoms with E-state index in [0.717, 1.165) is 5.52 Å². The van der Waals surface area contributed by atoms with Gasteiger partial charge in [0.15, 0.2) is 11.5 Å². The summed E-state index contributed by atoms with van der Waals surface area (Å²) in [7, 11) is 0. The minimum atomic E-state index is -0.915. The average Bonchev–Trinajstić information content (AvgIpc) is 2.65. The molecule has 0 bridgehead atoms. The molecular weight excluding hydrogens is 224 g/mol. The van der Waals surface area contributed by atoms with Gasteiger partial charge in [-0.15, -0.1) is 0 Å². The molecule has 3 rings (SSSR count). The molecule has 0 amide bonds. The Morgan fingerprint density at radius 3 is 2.76 bits per heavy atom. The highest BCUT2D eigenvalue weighted by molar-refractivity contribution is 5.81. The van der Waals surface area contributed by atoms with Crippen molar-refractivity contribution in [1.29, 1.82) is 0 Å². The van der Waals surface area contributed by atoms with Gasteiger partial charge in [0.1, 0.15) is 25.5 Å². The Balaban J connectivity index is 2.06. The Morgan fingerprint density at radius 2 is 2.06 bits per heavy atom. The molecule has 17 heavy (non-hydrogen) atoms. The van der Waals surface area contributed by atoms with Crippen molar-refractivity contribution in [3.63, 3.8) is 0 Å². The first-order valence-electron chi connectivity index (χ1n) is 5.22. The summed E-state index contributed by atoms with van der Waals surface area (Å²) in [6.45, 7) is 1.04. The fourth-order valence-corrected chi connectivity index (χ4v) is 1.83. The Kier molecular flexibility index (Phi) is 2.14. The van der Waals surface area contributed by atoms with Gasteiger partial charge in [0.25, 0.3) is 0 Å². The Morgan fingerprint density at radius 1 is 1.35 bits per heavy atom. The minimum absolute atomic E-state index is 0.124. The molecule has 2 N–H and O–H groups in total. The lowest BCUT2D eigenvalue weighted by Crippen LogP contribution is -2.15. The topological polar surface area (TPSA) is 84.4 Å². The van der Waals surface area contributed by atoms with Gasteiger partial charge in [-0.3, -0.25) is 4.79 Å². The SMILES string of the molecule is O=C(O)Cc1nc2cc3c(cc2[nH]1)OCCO3. The van der Waals surface area contributed by atoms with Crippen molar-refractivity contribution in [2.75, 3.05) is 13.2 Å². The lowest BCUT2D eigenvalue weighted by molar-refractivity contribution is -0.136. The van der Waals surface area contributed by atoms with E-state index < -0.39 is 5.97 Å². The number of hydrogen-bond acceptors (Lipinski definition) is 4. The number of ether oxygens (including phenoxy) is 2. The number of aromatic nitrogens is 2. The standard InChI is InChI=1S/C11H10N2O4/c14-11(15)5-10-12-6-3-8-9(4-7(6)13-10)17-2-1-16-8/h3-4H,1-2,5H2,(H,12,13)(H,14,15). The molecule has 0 fully saturated rings. The third kappa shape index (κ3) is 1.77. The van der Waals surface area contributed by atoms with E-state index in [4.69, 9.17) is 14.6 Å². The summed E-state index contributed by atoms with van der Waals surface area (Å²) >= 11 is 0. The maximum Gasteiger partial charge on any atom is 0.311 e. The van der Waals surface area contributed by atoms with Crippen LogP contribution in [-0.4, -0.2) is 34.3 Å². The normalized spacial score (nSPS) is 13.9. The summed E-state index contributed by atoms with van der Waals surface area (Å²) in [6, 6.07) is 3.54. The molecule has 0 atom stereocenters. The van der Waals surface area contributed by atoms with Gasteiger partial charge in [0, 0.05) is 12.1 Å². The van der Waals surface area contributed by atoms with E-state index in [1.54, 1.807) is 12.1 Å². The van der Waals surface area contributed by atoms with E-state index in [2.05, 4.69) is 9.97 Å². The number of hydrogen-bond donors (Lipinski definition) is 2. The number of nitrogens with zero attached hydrogens (tertiary/aromatic N) is 1. The highest BCUT2D eigenvalue weighted by Crippen LogP contribution is 2.33. The molecule has 88 valence electrons. The van der Waals surface area contributed by atoms with Crippen molar-refractivity contribution in [3.8, 4) is 11.5 Å². The molecule has 6 heteroatoms. The first-order chi connectivity index (χ1) is 8.22. The van der Waals surface area contributed by atoms with Crippen LogP contribution in [0.15, 0.2) is 12.1 Å². The molecular formula is C11H10N2O4. The number of carbonyl (C=O) groups is 1. The molecule has 0 unspecified atom stereocenters. The maximum atomic E-state index is 10.6. The van der Waals surface area contributed by atoms with Crippen LogP contribution in [0.1, 0.15) is 5.82 Å². The smallest absolute Gasteiger partial charge is 0.311 e. The van der Waals surface area contributed by atoms with E-state index in [9.17, 15) is 4.79 Å². The van der Waals surface area contributed by atoms with Crippen molar-refractivity contribution >= 4 is 17.0 Å². The zero-order chi connectivity index (χ0) is 11.8. The van der Waals surface area contributed by atoms with Gasteiger partial charge in [-0.1, -0.05) is 0 Å². The molecule has 2 aromatic rings. The van der Waals surface area contributed by atoms with Crippen LogP contribution in [0, 0.1) is 0 Å². The molecule has 0 aliphatic carbocycles. The minimum Gasteiger partial charge on any atom is -0.486 e. The number of aliphatic carboxylic acids is 1. The van der Waals surface area contributed by atoms with Crippen LogP contribution in [-0.2, 0) is 11.2 Å². The Bertz CT molecular complexity index is 547. The number of nitrogens with one attached hydrogen (secondary N) is 1. The molecule has 2 heterocycles. The van der Waals surface area contributed by atoms with Gasteiger partial charge >= 0.3 is 5.97 Å². The Labute approximate surface area is 96.2 Å². The quantitative estimate of drug-likeness (QED) is 0.808. The molecule has 0 spiro atoms. The summed E-state index contributed by atoms with van der Waals surface area (Å²) in [5, 5.41) is 8.69. The van der Waals surface area contributed by atoms with Crippen molar-refractivity contribution in [2.24, 2.45) is 0 Å². The molecule has 1 aromatic carbocycles. The predicted octanol–water partition coefficient (Wildman–Crippen LogP) is 0.961. The number of carboxylic acids is 1. The van der Waals surface area contributed by atoms with Crippen LogP contribution in [0.3, 0.4) is 0 Å². The van der Waals surface area contributed by atoms with Crippen LogP contribution in [0.4, 0.5) is 0 Å². The fourth-order valence-electron chi connectivity index (χ4n) is 1.83. The third-order valence-corrected chi connectivity index (χ3v) is 2.51. The van der Waals surface area contributed by atoms with E-state index in [-0.39, 0.29) is 6.42 Å². The molecule has 6 nitrogen and oxygen atoms in total. The van der Waals surface area contributed by atoms with Crippen LogP contribution in [0.25, 0.3) is 11.0 Å². The number of benzene rings is 1. The molecule has 1 aliphatic heterocycles. The fraction of sp³-hybridized carbons (Fsp3) is 0.273. The van der Waals surface area contributed by atoms with E-state index >= 15 is 0 Å². The third-order valence-electron chi connectivity index (χ3n) is 2.51. The van der Waals surface area contributed by atoms with E-state index in [0.29, 0.717) is 36.1 Å².